The summed E-state index contributed by atoms with van der Waals surface area (Å²) in [5.74, 6) is 1.57. The van der Waals surface area contributed by atoms with Gasteiger partial charge in [-0.05, 0) is 18.3 Å². The first-order valence-corrected chi connectivity index (χ1v) is 7.53. The second-order valence-electron chi connectivity index (χ2n) is 5.53. The third kappa shape index (κ3) is 10.5. The van der Waals surface area contributed by atoms with Gasteiger partial charge in [0.2, 0.25) is 0 Å². The fourth-order valence-electron chi connectivity index (χ4n) is 2.30. The maximum absolute atomic E-state index is 4.17. The fraction of sp³-hybridized carbons (Fsp3) is 0.938. The van der Waals surface area contributed by atoms with Gasteiger partial charge < -0.3 is 0 Å². The lowest BCUT2D eigenvalue weighted by Crippen LogP contribution is -2.02. The highest BCUT2D eigenvalue weighted by Gasteiger charge is 2.06. The SMILES string of the molecule is [CH2]C(CC)CC(C)CCCCCCCCC. The molecule has 97 valence electrons. The Hall–Kier alpha value is 0. The lowest BCUT2D eigenvalue weighted by Gasteiger charge is -2.15. The summed E-state index contributed by atoms with van der Waals surface area (Å²) in [7, 11) is 0. The number of unbranched alkanes of at least 4 members (excludes halogenated alkanes) is 6. The fourth-order valence-corrected chi connectivity index (χ4v) is 2.30. The third-order valence-corrected chi connectivity index (χ3v) is 3.61. The monoisotopic (exact) mass is 225 g/mol. The van der Waals surface area contributed by atoms with Crippen LogP contribution < -0.4 is 0 Å². The van der Waals surface area contributed by atoms with Gasteiger partial charge in [0.1, 0.15) is 0 Å². The lowest BCUT2D eigenvalue weighted by molar-refractivity contribution is 0.395. The van der Waals surface area contributed by atoms with E-state index in [9.17, 15) is 0 Å². The minimum Gasteiger partial charge on any atom is -0.0654 e. The average molecular weight is 225 g/mol. The van der Waals surface area contributed by atoms with E-state index < -0.39 is 0 Å². The van der Waals surface area contributed by atoms with E-state index in [-0.39, 0.29) is 0 Å². The first kappa shape index (κ1) is 16.0. The van der Waals surface area contributed by atoms with Crippen molar-refractivity contribution in [3.8, 4) is 0 Å². The van der Waals surface area contributed by atoms with Gasteiger partial charge in [-0.25, -0.2) is 0 Å². The summed E-state index contributed by atoms with van der Waals surface area (Å²) >= 11 is 0. The number of rotatable bonds is 11. The van der Waals surface area contributed by atoms with Crippen molar-refractivity contribution >= 4 is 0 Å². The molecule has 1 radical (unpaired) electrons. The predicted molar refractivity (Wildman–Crippen MR) is 75.5 cm³/mol. The Morgan fingerprint density at radius 2 is 1.44 bits per heavy atom. The Bertz CT molecular complexity index is 128. The standard InChI is InChI=1S/C16H33/c1-5-7-8-9-10-11-12-13-16(4)14-15(3)6-2/h15-16H,3,5-14H2,1-2,4H3. The molecule has 0 amide bonds. The van der Waals surface area contributed by atoms with Crippen molar-refractivity contribution in [3.63, 3.8) is 0 Å². The predicted octanol–water partition coefficient (Wildman–Crippen LogP) is 6.01. The van der Waals surface area contributed by atoms with E-state index in [1.165, 1.54) is 64.2 Å². The molecule has 2 unspecified atom stereocenters. The molecular weight excluding hydrogens is 192 g/mol. The molecule has 0 spiro atoms. The van der Waals surface area contributed by atoms with Crippen LogP contribution in [0.1, 0.15) is 85.0 Å². The molecule has 0 aromatic carbocycles. The Morgan fingerprint density at radius 1 is 0.875 bits per heavy atom. The van der Waals surface area contributed by atoms with Gasteiger partial charge in [-0.2, -0.15) is 0 Å². The van der Waals surface area contributed by atoms with Crippen LogP contribution in [0.2, 0.25) is 0 Å². The molecule has 0 aliphatic carbocycles. The summed E-state index contributed by atoms with van der Waals surface area (Å²) in [5.41, 5.74) is 0. The summed E-state index contributed by atoms with van der Waals surface area (Å²) in [6.07, 6.45) is 14.0. The summed E-state index contributed by atoms with van der Waals surface area (Å²) in [4.78, 5) is 0. The van der Waals surface area contributed by atoms with Crippen molar-refractivity contribution in [1.82, 2.24) is 0 Å². The van der Waals surface area contributed by atoms with Gasteiger partial charge in [-0.3, -0.25) is 0 Å². The largest absolute Gasteiger partial charge is 0.0654 e. The van der Waals surface area contributed by atoms with E-state index in [1.54, 1.807) is 0 Å². The molecule has 0 aromatic rings. The van der Waals surface area contributed by atoms with Crippen LogP contribution in [-0.4, -0.2) is 0 Å². The van der Waals surface area contributed by atoms with Gasteiger partial charge in [0.25, 0.3) is 0 Å². The van der Waals surface area contributed by atoms with Crippen molar-refractivity contribution in [2.24, 2.45) is 11.8 Å². The molecular formula is C16H33. The van der Waals surface area contributed by atoms with E-state index in [1.807, 2.05) is 0 Å². The van der Waals surface area contributed by atoms with Gasteiger partial charge in [-0.1, -0.05) is 85.5 Å². The summed E-state index contributed by atoms with van der Waals surface area (Å²) < 4.78 is 0. The molecule has 0 aromatic heterocycles. The van der Waals surface area contributed by atoms with E-state index in [0.29, 0.717) is 5.92 Å². The Labute approximate surface area is 104 Å². The highest BCUT2D eigenvalue weighted by molar-refractivity contribution is 4.64. The molecule has 0 N–H and O–H groups in total. The first-order valence-electron chi connectivity index (χ1n) is 7.53. The number of hydrogen-bond acceptors (Lipinski definition) is 0. The van der Waals surface area contributed by atoms with Gasteiger partial charge >= 0.3 is 0 Å². The van der Waals surface area contributed by atoms with E-state index in [4.69, 9.17) is 0 Å². The van der Waals surface area contributed by atoms with Crippen LogP contribution in [0.15, 0.2) is 0 Å². The summed E-state index contributed by atoms with van der Waals surface area (Å²) in [5, 5.41) is 0. The summed E-state index contributed by atoms with van der Waals surface area (Å²) in [6.45, 7) is 11.1. The minimum absolute atomic E-state index is 0.680. The Morgan fingerprint density at radius 3 is 2.00 bits per heavy atom. The zero-order valence-corrected chi connectivity index (χ0v) is 11.9. The summed E-state index contributed by atoms with van der Waals surface area (Å²) in [6, 6.07) is 0. The molecule has 0 fully saturated rings. The highest BCUT2D eigenvalue weighted by Crippen LogP contribution is 2.20. The smallest absolute Gasteiger partial charge is 0.0414 e. The minimum atomic E-state index is 0.680. The van der Waals surface area contributed by atoms with Crippen molar-refractivity contribution in [2.75, 3.05) is 0 Å². The maximum Gasteiger partial charge on any atom is -0.0414 e. The molecule has 0 aliphatic heterocycles. The topological polar surface area (TPSA) is 0 Å². The lowest BCUT2D eigenvalue weighted by atomic mass is 9.91. The molecule has 0 heterocycles. The van der Waals surface area contributed by atoms with Crippen LogP contribution in [0, 0.1) is 18.8 Å². The van der Waals surface area contributed by atoms with Crippen LogP contribution in [-0.2, 0) is 0 Å². The van der Waals surface area contributed by atoms with Gasteiger partial charge in [0, 0.05) is 0 Å². The van der Waals surface area contributed by atoms with Crippen LogP contribution in [0.5, 0.6) is 0 Å². The van der Waals surface area contributed by atoms with Gasteiger partial charge in [0.15, 0.2) is 0 Å². The van der Waals surface area contributed by atoms with Crippen LogP contribution >= 0.6 is 0 Å². The van der Waals surface area contributed by atoms with Gasteiger partial charge in [-0.15, -0.1) is 0 Å². The Balaban J connectivity index is 3.18. The van der Waals surface area contributed by atoms with Crippen molar-refractivity contribution in [2.45, 2.75) is 85.0 Å². The first-order chi connectivity index (χ1) is 7.70. The van der Waals surface area contributed by atoms with Crippen molar-refractivity contribution in [1.29, 1.82) is 0 Å². The third-order valence-electron chi connectivity index (χ3n) is 3.61. The average Bonchev–Trinajstić information content (AvgIpc) is 2.27. The molecule has 0 rings (SSSR count). The maximum atomic E-state index is 4.17. The molecule has 0 saturated carbocycles. The molecule has 0 bridgehead atoms. The van der Waals surface area contributed by atoms with Crippen LogP contribution in [0.25, 0.3) is 0 Å². The zero-order valence-electron chi connectivity index (χ0n) is 11.9. The van der Waals surface area contributed by atoms with Crippen molar-refractivity contribution in [3.05, 3.63) is 6.92 Å². The van der Waals surface area contributed by atoms with Crippen LogP contribution in [0.4, 0.5) is 0 Å². The second-order valence-corrected chi connectivity index (χ2v) is 5.53. The quantitative estimate of drug-likeness (QED) is 0.377. The van der Waals surface area contributed by atoms with Gasteiger partial charge in [0.05, 0.1) is 0 Å². The molecule has 0 aliphatic rings. The van der Waals surface area contributed by atoms with E-state index >= 15 is 0 Å². The zero-order chi connectivity index (χ0) is 12.2. The Kier molecular flexibility index (Phi) is 11.5. The highest BCUT2D eigenvalue weighted by atomic mass is 14.1. The molecule has 0 heteroatoms. The molecule has 0 saturated heterocycles. The van der Waals surface area contributed by atoms with Crippen molar-refractivity contribution < 1.29 is 0 Å². The molecule has 2 atom stereocenters. The normalized spacial score (nSPS) is 15.0. The molecule has 0 nitrogen and oxygen atoms in total. The number of hydrogen-bond donors (Lipinski definition) is 0. The van der Waals surface area contributed by atoms with Crippen LogP contribution in [0.3, 0.4) is 0 Å². The second kappa shape index (κ2) is 11.5. The van der Waals surface area contributed by atoms with E-state index in [2.05, 4.69) is 27.7 Å². The molecule has 16 heavy (non-hydrogen) atoms. The van der Waals surface area contributed by atoms with E-state index in [0.717, 1.165) is 5.92 Å².